The van der Waals surface area contributed by atoms with E-state index < -0.39 is 0 Å². The molecule has 0 aromatic carbocycles. The third-order valence-electron chi connectivity index (χ3n) is 4.63. The van der Waals surface area contributed by atoms with Gasteiger partial charge >= 0.3 is 0 Å². The zero-order chi connectivity index (χ0) is 14.1. The molecule has 1 rings (SSSR count). The maximum Gasteiger partial charge on any atom is 0.0218 e. The van der Waals surface area contributed by atoms with Crippen LogP contribution in [0.5, 0.6) is 0 Å². The summed E-state index contributed by atoms with van der Waals surface area (Å²) in [4.78, 5) is 2.73. The largest absolute Gasteiger partial charge is 0.312 e. The summed E-state index contributed by atoms with van der Waals surface area (Å²) in [7, 11) is 0. The minimum atomic E-state index is 0.685. The fraction of sp³-hybridized carbons (Fsp3) is 1.00. The SMILES string of the molecule is CCCCCCCCN1CC(C(C)C)NCCC1C. The molecule has 1 aliphatic heterocycles. The molecule has 2 unspecified atom stereocenters. The van der Waals surface area contributed by atoms with Gasteiger partial charge in [0, 0.05) is 18.6 Å². The van der Waals surface area contributed by atoms with Crippen LogP contribution in [0, 0.1) is 5.92 Å². The van der Waals surface area contributed by atoms with E-state index in [1.807, 2.05) is 0 Å². The molecule has 19 heavy (non-hydrogen) atoms. The van der Waals surface area contributed by atoms with Gasteiger partial charge in [-0.05, 0) is 38.8 Å². The quantitative estimate of drug-likeness (QED) is 0.668. The van der Waals surface area contributed by atoms with Gasteiger partial charge in [-0.1, -0.05) is 52.9 Å². The third kappa shape index (κ3) is 6.76. The Morgan fingerprint density at radius 1 is 1.11 bits per heavy atom. The fourth-order valence-electron chi connectivity index (χ4n) is 3.01. The number of unbranched alkanes of at least 4 members (excludes halogenated alkanes) is 5. The van der Waals surface area contributed by atoms with Crippen LogP contribution in [-0.4, -0.2) is 36.6 Å². The average Bonchev–Trinajstić information content (AvgIpc) is 2.56. The Labute approximate surface area is 121 Å². The highest BCUT2D eigenvalue weighted by atomic mass is 15.2. The predicted molar refractivity (Wildman–Crippen MR) is 85.7 cm³/mol. The van der Waals surface area contributed by atoms with E-state index in [2.05, 4.69) is 37.9 Å². The van der Waals surface area contributed by atoms with Gasteiger partial charge in [-0.3, -0.25) is 4.90 Å². The number of hydrogen-bond acceptors (Lipinski definition) is 2. The maximum atomic E-state index is 3.72. The molecule has 1 fully saturated rings. The van der Waals surface area contributed by atoms with Gasteiger partial charge in [0.25, 0.3) is 0 Å². The monoisotopic (exact) mass is 268 g/mol. The van der Waals surface area contributed by atoms with Crippen molar-refractivity contribution in [1.82, 2.24) is 10.2 Å². The van der Waals surface area contributed by atoms with Gasteiger partial charge in [-0.15, -0.1) is 0 Å². The molecule has 0 aliphatic carbocycles. The van der Waals surface area contributed by atoms with Crippen LogP contribution in [-0.2, 0) is 0 Å². The first-order valence-electron chi connectivity index (χ1n) is 8.62. The molecule has 2 atom stereocenters. The van der Waals surface area contributed by atoms with Crippen LogP contribution in [0.4, 0.5) is 0 Å². The van der Waals surface area contributed by atoms with E-state index in [1.54, 1.807) is 0 Å². The third-order valence-corrected chi connectivity index (χ3v) is 4.63. The highest BCUT2D eigenvalue weighted by Crippen LogP contribution is 2.15. The molecule has 0 bridgehead atoms. The molecule has 0 radical (unpaired) electrons. The lowest BCUT2D eigenvalue weighted by atomic mass is 10.0. The molecule has 1 saturated heterocycles. The molecule has 2 nitrogen and oxygen atoms in total. The number of hydrogen-bond donors (Lipinski definition) is 1. The summed E-state index contributed by atoms with van der Waals surface area (Å²) in [6, 6.07) is 1.44. The highest BCUT2D eigenvalue weighted by molar-refractivity contribution is 4.82. The van der Waals surface area contributed by atoms with Gasteiger partial charge in [0.2, 0.25) is 0 Å². The molecule has 0 aromatic heterocycles. The van der Waals surface area contributed by atoms with Crippen molar-refractivity contribution >= 4 is 0 Å². The maximum absolute atomic E-state index is 3.72. The molecular weight excluding hydrogens is 232 g/mol. The first kappa shape index (κ1) is 17.0. The lowest BCUT2D eigenvalue weighted by molar-refractivity contribution is 0.188. The van der Waals surface area contributed by atoms with Crippen LogP contribution in [0.1, 0.15) is 72.6 Å². The molecule has 0 spiro atoms. The van der Waals surface area contributed by atoms with Crippen LogP contribution < -0.4 is 5.32 Å². The molecule has 0 saturated carbocycles. The summed E-state index contributed by atoms with van der Waals surface area (Å²) in [5.74, 6) is 0.748. The van der Waals surface area contributed by atoms with Crippen LogP contribution in [0.2, 0.25) is 0 Å². The highest BCUT2D eigenvalue weighted by Gasteiger charge is 2.23. The summed E-state index contributed by atoms with van der Waals surface area (Å²) >= 11 is 0. The lowest BCUT2D eigenvalue weighted by Gasteiger charge is -2.30. The van der Waals surface area contributed by atoms with E-state index in [0.29, 0.717) is 6.04 Å². The summed E-state index contributed by atoms with van der Waals surface area (Å²) < 4.78 is 0. The standard InChI is InChI=1S/C17H36N2/c1-5-6-7-8-9-10-13-19-14-17(15(2)3)18-12-11-16(19)4/h15-18H,5-14H2,1-4H3. The Bertz CT molecular complexity index is 215. The first-order chi connectivity index (χ1) is 9.15. The van der Waals surface area contributed by atoms with E-state index in [9.17, 15) is 0 Å². The summed E-state index contributed by atoms with van der Waals surface area (Å²) in [5, 5.41) is 3.72. The van der Waals surface area contributed by atoms with E-state index in [4.69, 9.17) is 0 Å². The Balaban J connectivity index is 2.24. The molecular formula is C17H36N2. The molecule has 114 valence electrons. The van der Waals surface area contributed by atoms with Crippen molar-refractivity contribution in [3.63, 3.8) is 0 Å². The number of rotatable bonds is 8. The summed E-state index contributed by atoms with van der Waals surface area (Å²) in [6.07, 6.45) is 9.75. The van der Waals surface area contributed by atoms with Crippen LogP contribution >= 0.6 is 0 Å². The molecule has 1 aliphatic rings. The second-order valence-corrected chi connectivity index (χ2v) is 6.71. The van der Waals surface area contributed by atoms with E-state index in [-0.39, 0.29) is 0 Å². The zero-order valence-electron chi connectivity index (χ0n) is 13.8. The van der Waals surface area contributed by atoms with Gasteiger partial charge in [0.05, 0.1) is 0 Å². The fourth-order valence-corrected chi connectivity index (χ4v) is 3.01. The lowest BCUT2D eigenvalue weighted by Crippen LogP contribution is -2.43. The Morgan fingerprint density at radius 2 is 1.79 bits per heavy atom. The van der Waals surface area contributed by atoms with Gasteiger partial charge in [0.1, 0.15) is 0 Å². The Morgan fingerprint density at radius 3 is 2.47 bits per heavy atom. The minimum Gasteiger partial charge on any atom is -0.312 e. The van der Waals surface area contributed by atoms with Crippen molar-refractivity contribution in [2.45, 2.75) is 84.7 Å². The molecule has 2 heteroatoms. The second kappa shape index (κ2) is 9.77. The van der Waals surface area contributed by atoms with Gasteiger partial charge in [-0.2, -0.15) is 0 Å². The molecule has 0 amide bonds. The van der Waals surface area contributed by atoms with E-state index in [1.165, 1.54) is 64.6 Å². The Hall–Kier alpha value is -0.0800. The number of nitrogens with zero attached hydrogens (tertiary/aromatic N) is 1. The number of nitrogens with one attached hydrogen (secondary N) is 1. The minimum absolute atomic E-state index is 0.685. The van der Waals surface area contributed by atoms with Gasteiger partial charge in [-0.25, -0.2) is 0 Å². The van der Waals surface area contributed by atoms with Gasteiger partial charge in [0.15, 0.2) is 0 Å². The van der Waals surface area contributed by atoms with Gasteiger partial charge < -0.3 is 5.32 Å². The van der Waals surface area contributed by atoms with Crippen molar-refractivity contribution in [3.8, 4) is 0 Å². The summed E-state index contributed by atoms with van der Waals surface area (Å²) in [5.41, 5.74) is 0. The topological polar surface area (TPSA) is 15.3 Å². The molecule has 1 heterocycles. The smallest absolute Gasteiger partial charge is 0.0218 e. The van der Waals surface area contributed by atoms with Crippen LogP contribution in [0.25, 0.3) is 0 Å². The Kier molecular flexibility index (Phi) is 8.72. The van der Waals surface area contributed by atoms with E-state index in [0.717, 1.165) is 12.0 Å². The average molecular weight is 268 g/mol. The van der Waals surface area contributed by atoms with Crippen molar-refractivity contribution in [2.75, 3.05) is 19.6 Å². The van der Waals surface area contributed by atoms with Crippen molar-refractivity contribution in [1.29, 1.82) is 0 Å². The van der Waals surface area contributed by atoms with Crippen LogP contribution in [0.15, 0.2) is 0 Å². The van der Waals surface area contributed by atoms with Crippen molar-refractivity contribution in [2.24, 2.45) is 5.92 Å². The van der Waals surface area contributed by atoms with Crippen molar-refractivity contribution < 1.29 is 0 Å². The molecule has 0 aromatic rings. The normalized spacial score (nSPS) is 25.7. The molecule has 1 N–H and O–H groups in total. The van der Waals surface area contributed by atoms with Crippen LogP contribution in [0.3, 0.4) is 0 Å². The summed E-state index contributed by atoms with van der Waals surface area (Å²) in [6.45, 7) is 13.1. The first-order valence-corrected chi connectivity index (χ1v) is 8.62. The second-order valence-electron chi connectivity index (χ2n) is 6.71. The zero-order valence-corrected chi connectivity index (χ0v) is 13.8. The van der Waals surface area contributed by atoms with E-state index >= 15 is 0 Å². The van der Waals surface area contributed by atoms with Crippen molar-refractivity contribution in [3.05, 3.63) is 0 Å². The predicted octanol–water partition coefficient (Wildman–Crippen LogP) is 4.06.